The van der Waals surface area contributed by atoms with E-state index in [-0.39, 0.29) is 30.1 Å². The van der Waals surface area contributed by atoms with E-state index < -0.39 is 0 Å². The Morgan fingerprint density at radius 3 is 2.50 bits per heavy atom. The highest BCUT2D eigenvalue weighted by Crippen LogP contribution is 2.27. The maximum Gasteiger partial charge on any atom is 0.191 e. The Labute approximate surface area is 197 Å². The van der Waals surface area contributed by atoms with Crippen LogP contribution in [0.1, 0.15) is 37.5 Å². The highest BCUT2D eigenvalue weighted by atomic mass is 127. The lowest BCUT2D eigenvalue weighted by atomic mass is 10.1. The summed E-state index contributed by atoms with van der Waals surface area (Å²) >= 11 is 0. The molecule has 1 atom stereocenters. The average molecular weight is 527 g/mol. The van der Waals surface area contributed by atoms with Crippen LogP contribution < -0.4 is 20.1 Å². The lowest BCUT2D eigenvalue weighted by Crippen LogP contribution is -2.37. The average Bonchev–Trinajstić information content (AvgIpc) is 2.77. The van der Waals surface area contributed by atoms with Crippen molar-refractivity contribution < 1.29 is 14.2 Å². The largest absolute Gasteiger partial charge is 0.493 e. The molecule has 2 aromatic carbocycles. The molecule has 7 heteroatoms. The second-order valence-corrected chi connectivity index (χ2v) is 6.55. The molecule has 1 unspecified atom stereocenters. The van der Waals surface area contributed by atoms with Crippen molar-refractivity contribution in [1.29, 1.82) is 0 Å². The molecule has 2 rings (SSSR count). The van der Waals surface area contributed by atoms with Gasteiger partial charge in [0.1, 0.15) is 0 Å². The van der Waals surface area contributed by atoms with Gasteiger partial charge in [-0.15, -0.1) is 24.0 Å². The van der Waals surface area contributed by atoms with Gasteiger partial charge < -0.3 is 24.8 Å². The molecule has 6 nitrogen and oxygen atoms in total. The van der Waals surface area contributed by atoms with E-state index in [1.54, 1.807) is 14.2 Å². The predicted octanol–water partition coefficient (Wildman–Crippen LogP) is 4.54. The number of hydrogen-bond acceptors (Lipinski definition) is 4. The van der Waals surface area contributed by atoms with Crippen LogP contribution in [0.25, 0.3) is 0 Å². The molecule has 0 aromatic heterocycles. The molecule has 0 fully saturated rings. The lowest BCUT2D eigenvalue weighted by molar-refractivity contribution is 0.0646. The van der Waals surface area contributed by atoms with Crippen LogP contribution >= 0.6 is 24.0 Å². The number of aliphatic imine (C=N–C) groups is 1. The summed E-state index contributed by atoms with van der Waals surface area (Å²) < 4.78 is 16.9. The molecule has 0 saturated heterocycles. The maximum absolute atomic E-state index is 5.90. The van der Waals surface area contributed by atoms with Crippen LogP contribution in [0.4, 0.5) is 0 Å². The number of rotatable bonds is 11. The summed E-state index contributed by atoms with van der Waals surface area (Å²) in [5, 5.41) is 6.63. The molecule has 0 aliphatic rings. The SMILES string of the molecule is CCOc1ccc(CNC(=NC)NCCCOC(C)c2ccccc2)cc1OC.I. The molecule has 0 spiro atoms. The first-order chi connectivity index (χ1) is 14.2. The summed E-state index contributed by atoms with van der Waals surface area (Å²) in [4.78, 5) is 4.27. The van der Waals surface area contributed by atoms with Crippen LogP contribution in [0.3, 0.4) is 0 Å². The Morgan fingerprint density at radius 2 is 1.83 bits per heavy atom. The van der Waals surface area contributed by atoms with Crippen molar-refractivity contribution in [1.82, 2.24) is 10.6 Å². The van der Waals surface area contributed by atoms with Crippen LogP contribution in [0.5, 0.6) is 11.5 Å². The van der Waals surface area contributed by atoms with E-state index >= 15 is 0 Å². The smallest absolute Gasteiger partial charge is 0.191 e. The summed E-state index contributed by atoms with van der Waals surface area (Å²) in [6, 6.07) is 16.2. The molecule has 0 heterocycles. The van der Waals surface area contributed by atoms with Gasteiger partial charge in [0.2, 0.25) is 0 Å². The van der Waals surface area contributed by atoms with Gasteiger partial charge in [0, 0.05) is 26.7 Å². The monoisotopic (exact) mass is 527 g/mol. The Balaban J connectivity index is 0.00000450. The minimum absolute atomic E-state index is 0. The maximum atomic E-state index is 5.90. The first-order valence-corrected chi connectivity index (χ1v) is 10.1. The van der Waals surface area contributed by atoms with E-state index in [9.17, 15) is 0 Å². The van der Waals surface area contributed by atoms with E-state index in [4.69, 9.17) is 14.2 Å². The van der Waals surface area contributed by atoms with Crippen LogP contribution in [-0.4, -0.2) is 39.9 Å². The van der Waals surface area contributed by atoms with Crippen molar-refractivity contribution in [2.45, 2.75) is 32.9 Å². The summed E-state index contributed by atoms with van der Waals surface area (Å²) in [5.74, 6) is 2.25. The first kappa shape index (κ1) is 26.0. The van der Waals surface area contributed by atoms with Crippen LogP contribution in [0.2, 0.25) is 0 Å². The van der Waals surface area contributed by atoms with Gasteiger partial charge in [-0.05, 0) is 43.5 Å². The van der Waals surface area contributed by atoms with Crippen molar-refractivity contribution in [3.05, 3.63) is 59.7 Å². The second kappa shape index (κ2) is 14.9. The highest BCUT2D eigenvalue weighted by molar-refractivity contribution is 14.0. The summed E-state index contributed by atoms with van der Waals surface area (Å²) in [6.45, 7) is 6.76. The first-order valence-electron chi connectivity index (χ1n) is 10.1. The zero-order chi connectivity index (χ0) is 20.9. The second-order valence-electron chi connectivity index (χ2n) is 6.55. The van der Waals surface area contributed by atoms with E-state index in [1.165, 1.54) is 5.56 Å². The predicted molar refractivity (Wildman–Crippen MR) is 133 cm³/mol. The number of methoxy groups -OCH3 is 1. The van der Waals surface area contributed by atoms with Crippen molar-refractivity contribution in [2.24, 2.45) is 4.99 Å². The third kappa shape index (κ3) is 8.79. The number of hydrogen-bond donors (Lipinski definition) is 2. The summed E-state index contributed by atoms with van der Waals surface area (Å²) in [6.07, 6.45) is 0.998. The fourth-order valence-electron chi connectivity index (χ4n) is 2.86. The Hall–Kier alpha value is -2.00. The van der Waals surface area contributed by atoms with Crippen molar-refractivity contribution >= 4 is 29.9 Å². The third-order valence-electron chi connectivity index (χ3n) is 4.46. The minimum atomic E-state index is 0. The number of ether oxygens (including phenoxy) is 3. The van der Waals surface area contributed by atoms with Crippen molar-refractivity contribution in [2.75, 3.05) is 33.9 Å². The Bertz CT molecular complexity index is 757. The topological polar surface area (TPSA) is 64.1 Å². The van der Waals surface area contributed by atoms with Gasteiger partial charge in [-0.2, -0.15) is 0 Å². The quantitative estimate of drug-likeness (QED) is 0.195. The van der Waals surface area contributed by atoms with E-state index in [1.807, 2.05) is 43.3 Å². The van der Waals surface area contributed by atoms with Gasteiger partial charge in [0.05, 0.1) is 19.8 Å². The summed E-state index contributed by atoms with van der Waals surface area (Å²) in [5.41, 5.74) is 2.29. The normalized spacial score (nSPS) is 11.9. The van der Waals surface area contributed by atoms with Gasteiger partial charge in [-0.3, -0.25) is 4.99 Å². The summed E-state index contributed by atoms with van der Waals surface area (Å²) in [7, 11) is 3.42. The molecule has 30 heavy (non-hydrogen) atoms. The molecule has 2 N–H and O–H groups in total. The lowest BCUT2D eigenvalue weighted by Gasteiger charge is -2.15. The number of nitrogens with zero attached hydrogens (tertiary/aromatic N) is 1. The number of benzene rings is 2. The standard InChI is InChI=1S/C23H33N3O3.HI/c1-5-28-21-13-12-19(16-22(21)27-4)17-26-23(24-3)25-14-9-15-29-18(2)20-10-7-6-8-11-20;/h6-8,10-13,16,18H,5,9,14-15,17H2,1-4H3,(H2,24,25,26);1H. The highest BCUT2D eigenvalue weighted by Gasteiger charge is 2.07. The molecule has 0 saturated carbocycles. The molecule has 0 amide bonds. The van der Waals surface area contributed by atoms with Crippen LogP contribution in [0, 0.1) is 0 Å². The molecular weight excluding hydrogens is 493 g/mol. The molecule has 0 bridgehead atoms. The molecule has 0 aliphatic heterocycles. The number of guanidine groups is 1. The molecule has 2 aromatic rings. The van der Waals surface area contributed by atoms with Gasteiger partial charge in [0.25, 0.3) is 0 Å². The zero-order valence-corrected chi connectivity index (χ0v) is 20.6. The van der Waals surface area contributed by atoms with E-state index in [0.717, 1.165) is 36.0 Å². The van der Waals surface area contributed by atoms with Crippen LogP contribution in [0.15, 0.2) is 53.5 Å². The molecule has 166 valence electrons. The number of nitrogens with one attached hydrogen (secondary N) is 2. The zero-order valence-electron chi connectivity index (χ0n) is 18.3. The van der Waals surface area contributed by atoms with Crippen molar-refractivity contribution in [3.63, 3.8) is 0 Å². The van der Waals surface area contributed by atoms with Gasteiger partial charge in [0.15, 0.2) is 17.5 Å². The molecular formula is C23H34IN3O3. The van der Waals surface area contributed by atoms with Crippen LogP contribution in [-0.2, 0) is 11.3 Å². The molecule has 0 radical (unpaired) electrons. The van der Waals surface area contributed by atoms with E-state index in [0.29, 0.717) is 19.8 Å². The number of halogens is 1. The van der Waals surface area contributed by atoms with Crippen molar-refractivity contribution in [3.8, 4) is 11.5 Å². The molecule has 0 aliphatic carbocycles. The third-order valence-corrected chi connectivity index (χ3v) is 4.46. The Morgan fingerprint density at radius 1 is 1.07 bits per heavy atom. The fraction of sp³-hybridized carbons (Fsp3) is 0.435. The minimum Gasteiger partial charge on any atom is -0.493 e. The van der Waals surface area contributed by atoms with Gasteiger partial charge in [-0.1, -0.05) is 36.4 Å². The Kier molecular flexibility index (Phi) is 12.9. The fourth-order valence-corrected chi connectivity index (χ4v) is 2.86. The van der Waals surface area contributed by atoms with Gasteiger partial charge in [-0.25, -0.2) is 0 Å². The van der Waals surface area contributed by atoms with Gasteiger partial charge >= 0.3 is 0 Å². The van der Waals surface area contributed by atoms with E-state index in [2.05, 4.69) is 34.7 Å².